The summed E-state index contributed by atoms with van der Waals surface area (Å²) in [7, 11) is 0. The van der Waals surface area contributed by atoms with Crippen LogP contribution >= 0.6 is 0 Å². The molecule has 2 atom stereocenters. The smallest absolute Gasteiger partial charge is 0.148 e. The Morgan fingerprint density at radius 2 is 1.81 bits per heavy atom. The molecule has 4 N–H and O–H groups in total. The van der Waals surface area contributed by atoms with E-state index in [4.69, 9.17) is 10.8 Å². The van der Waals surface area contributed by atoms with Gasteiger partial charge in [0.25, 0.3) is 0 Å². The Bertz CT molecular complexity index is 472. The number of hydrogen-bond acceptors (Lipinski definition) is 5. The van der Waals surface area contributed by atoms with Crippen LogP contribution in [0.2, 0.25) is 0 Å². The van der Waals surface area contributed by atoms with Crippen LogP contribution in [0.15, 0.2) is 0 Å². The topological polar surface area (TPSA) is 75.9 Å². The highest BCUT2D eigenvalue weighted by atomic mass is 15.3. The highest BCUT2D eigenvalue weighted by molar-refractivity contribution is 5.57. The first-order chi connectivity index (χ1) is 10.0. The second-order valence-electron chi connectivity index (χ2n) is 6.66. The molecule has 2 unspecified atom stereocenters. The van der Waals surface area contributed by atoms with E-state index in [-0.39, 0.29) is 5.92 Å². The third kappa shape index (κ3) is 4.06. The second-order valence-corrected chi connectivity index (χ2v) is 6.66. The van der Waals surface area contributed by atoms with Crippen LogP contribution in [0.3, 0.4) is 0 Å². The van der Waals surface area contributed by atoms with Gasteiger partial charge < -0.3 is 10.7 Å². The summed E-state index contributed by atoms with van der Waals surface area (Å²) in [5.74, 6) is 9.21. The van der Waals surface area contributed by atoms with E-state index in [0.717, 1.165) is 28.9 Å². The Kier molecular flexibility index (Phi) is 5.39. The molecule has 5 heteroatoms. The molecular weight excluding hydrogens is 262 g/mol. The lowest BCUT2D eigenvalue weighted by molar-refractivity contribution is 0.501. The molecule has 1 heterocycles. The predicted octanol–water partition coefficient (Wildman–Crippen LogP) is 3.57. The summed E-state index contributed by atoms with van der Waals surface area (Å²) in [5, 5.41) is 3.63. The molecule has 0 radical (unpaired) electrons. The van der Waals surface area contributed by atoms with Crippen molar-refractivity contribution in [3.8, 4) is 0 Å². The zero-order valence-electron chi connectivity index (χ0n) is 13.7. The molecule has 1 aromatic rings. The maximum absolute atomic E-state index is 5.60. The number of hydrazine groups is 1. The van der Waals surface area contributed by atoms with Gasteiger partial charge in [-0.05, 0) is 32.1 Å². The Hall–Kier alpha value is -1.36. The van der Waals surface area contributed by atoms with Crippen LogP contribution in [-0.4, -0.2) is 16.0 Å². The number of rotatable bonds is 4. The summed E-state index contributed by atoms with van der Waals surface area (Å²) < 4.78 is 0. The number of nitrogens with zero attached hydrogens (tertiary/aromatic N) is 2. The van der Waals surface area contributed by atoms with Gasteiger partial charge in [-0.2, -0.15) is 0 Å². The fraction of sp³-hybridized carbons (Fsp3) is 0.750. The van der Waals surface area contributed by atoms with E-state index in [2.05, 4.69) is 36.5 Å². The van der Waals surface area contributed by atoms with Crippen molar-refractivity contribution in [3.63, 3.8) is 0 Å². The number of nitrogen functional groups attached to an aromatic ring is 1. The minimum atomic E-state index is 0.285. The number of aromatic nitrogens is 2. The average Bonchev–Trinajstić information content (AvgIpc) is 2.65. The monoisotopic (exact) mass is 291 g/mol. The molecule has 1 saturated carbocycles. The first-order valence-electron chi connectivity index (χ1n) is 8.13. The zero-order valence-corrected chi connectivity index (χ0v) is 13.7. The lowest BCUT2D eigenvalue weighted by Gasteiger charge is -2.21. The van der Waals surface area contributed by atoms with Gasteiger partial charge in [0.2, 0.25) is 0 Å². The van der Waals surface area contributed by atoms with Crippen LogP contribution in [0.25, 0.3) is 0 Å². The maximum Gasteiger partial charge on any atom is 0.148 e. The van der Waals surface area contributed by atoms with Gasteiger partial charge in [0.15, 0.2) is 0 Å². The van der Waals surface area contributed by atoms with Crippen LogP contribution in [0.4, 0.5) is 11.6 Å². The second kappa shape index (κ2) is 7.07. The van der Waals surface area contributed by atoms with Gasteiger partial charge in [-0.1, -0.05) is 33.6 Å². The molecule has 1 aliphatic rings. The van der Waals surface area contributed by atoms with Crippen LogP contribution in [-0.2, 0) is 0 Å². The maximum atomic E-state index is 5.60. The van der Waals surface area contributed by atoms with Crippen molar-refractivity contribution in [2.45, 2.75) is 71.8 Å². The molecule has 1 fully saturated rings. The molecule has 0 saturated heterocycles. The molecule has 0 spiro atoms. The molecule has 0 aromatic carbocycles. The molecule has 5 nitrogen and oxygen atoms in total. The van der Waals surface area contributed by atoms with Gasteiger partial charge in [-0.15, -0.1) is 0 Å². The molecule has 21 heavy (non-hydrogen) atoms. The standard InChI is InChI=1S/C16H29N5/c1-10(2)14-19-15(12(4)16(20-14)21-17)18-13-7-5-6-11(3)8-9-13/h10-11,13H,5-9,17H2,1-4H3,(H2,18,19,20,21). The van der Waals surface area contributed by atoms with Crippen LogP contribution in [0, 0.1) is 12.8 Å². The van der Waals surface area contributed by atoms with Crippen molar-refractivity contribution in [2.75, 3.05) is 10.7 Å². The third-order valence-corrected chi connectivity index (χ3v) is 4.41. The molecular formula is C16H29N5. The van der Waals surface area contributed by atoms with Gasteiger partial charge in [0.1, 0.15) is 17.5 Å². The predicted molar refractivity (Wildman–Crippen MR) is 88.3 cm³/mol. The molecule has 0 aliphatic heterocycles. The van der Waals surface area contributed by atoms with Gasteiger partial charge in [0, 0.05) is 17.5 Å². The van der Waals surface area contributed by atoms with Crippen molar-refractivity contribution in [1.82, 2.24) is 9.97 Å². The Morgan fingerprint density at radius 3 is 2.48 bits per heavy atom. The normalized spacial score (nSPS) is 23.0. The van der Waals surface area contributed by atoms with Crippen LogP contribution < -0.4 is 16.6 Å². The fourth-order valence-corrected chi connectivity index (χ4v) is 2.90. The highest BCUT2D eigenvalue weighted by Crippen LogP contribution is 2.28. The van der Waals surface area contributed by atoms with Gasteiger partial charge in [-0.3, -0.25) is 0 Å². The fourth-order valence-electron chi connectivity index (χ4n) is 2.90. The summed E-state index contributed by atoms with van der Waals surface area (Å²) in [6.07, 6.45) is 6.36. The Morgan fingerprint density at radius 1 is 1.10 bits per heavy atom. The molecule has 1 aromatic heterocycles. The van der Waals surface area contributed by atoms with Gasteiger partial charge in [-0.25, -0.2) is 15.8 Å². The summed E-state index contributed by atoms with van der Waals surface area (Å²) in [6, 6.07) is 0.509. The van der Waals surface area contributed by atoms with Crippen molar-refractivity contribution in [3.05, 3.63) is 11.4 Å². The van der Waals surface area contributed by atoms with Crippen LogP contribution in [0.1, 0.15) is 70.2 Å². The number of hydrogen-bond donors (Lipinski definition) is 3. The third-order valence-electron chi connectivity index (χ3n) is 4.41. The van der Waals surface area contributed by atoms with E-state index in [0.29, 0.717) is 6.04 Å². The van der Waals surface area contributed by atoms with E-state index in [1.54, 1.807) is 0 Å². The molecule has 0 amide bonds. The van der Waals surface area contributed by atoms with E-state index in [1.807, 2.05) is 6.92 Å². The molecule has 2 rings (SSSR count). The minimum absolute atomic E-state index is 0.285. The van der Waals surface area contributed by atoms with Crippen molar-refractivity contribution in [2.24, 2.45) is 11.8 Å². The Balaban J connectivity index is 2.19. The quantitative estimate of drug-likeness (QED) is 0.449. The van der Waals surface area contributed by atoms with Crippen molar-refractivity contribution in [1.29, 1.82) is 0 Å². The number of anilines is 2. The summed E-state index contributed by atoms with van der Waals surface area (Å²) >= 11 is 0. The Labute approximate surface area is 128 Å². The first-order valence-corrected chi connectivity index (χ1v) is 8.13. The van der Waals surface area contributed by atoms with Gasteiger partial charge >= 0.3 is 0 Å². The first kappa shape index (κ1) is 16.0. The molecule has 118 valence electrons. The minimum Gasteiger partial charge on any atom is -0.367 e. The van der Waals surface area contributed by atoms with E-state index in [1.165, 1.54) is 32.1 Å². The number of nitrogens with two attached hydrogens (primary N) is 1. The highest BCUT2D eigenvalue weighted by Gasteiger charge is 2.19. The zero-order chi connectivity index (χ0) is 15.4. The lowest BCUT2D eigenvalue weighted by atomic mass is 10.0. The van der Waals surface area contributed by atoms with Gasteiger partial charge in [0.05, 0.1) is 0 Å². The van der Waals surface area contributed by atoms with Crippen molar-refractivity contribution < 1.29 is 0 Å². The van der Waals surface area contributed by atoms with Crippen LogP contribution in [0.5, 0.6) is 0 Å². The van der Waals surface area contributed by atoms with E-state index in [9.17, 15) is 0 Å². The summed E-state index contributed by atoms with van der Waals surface area (Å²) in [4.78, 5) is 9.19. The van der Waals surface area contributed by atoms with Crippen molar-refractivity contribution >= 4 is 11.6 Å². The summed E-state index contributed by atoms with van der Waals surface area (Å²) in [5.41, 5.74) is 3.70. The summed E-state index contributed by atoms with van der Waals surface area (Å²) in [6.45, 7) is 8.57. The SMILES string of the molecule is Cc1c(NN)nc(C(C)C)nc1NC1CCCC(C)CC1. The average molecular weight is 291 g/mol. The lowest BCUT2D eigenvalue weighted by Crippen LogP contribution is -2.22. The molecule has 0 bridgehead atoms. The van der Waals surface area contributed by atoms with E-state index >= 15 is 0 Å². The molecule has 1 aliphatic carbocycles. The van der Waals surface area contributed by atoms with E-state index < -0.39 is 0 Å². The largest absolute Gasteiger partial charge is 0.367 e. The number of nitrogens with one attached hydrogen (secondary N) is 2.